The number of thioether (sulfide) groups is 1. The molecule has 1 aromatic carbocycles. The number of nitrogens with one attached hydrogen (secondary N) is 1. The van der Waals surface area contributed by atoms with E-state index in [0.29, 0.717) is 10.8 Å². The summed E-state index contributed by atoms with van der Waals surface area (Å²) < 4.78 is 5.01. The Kier molecular flexibility index (Phi) is 6.88. The molecular formula is C14H18ClNO3S. The van der Waals surface area contributed by atoms with Crippen LogP contribution in [0.1, 0.15) is 26.3 Å². The number of amides is 1. The number of benzene rings is 1. The lowest BCUT2D eigenvalue weighted by molar-refractivity contribution is -0.149. The molecule has 4 nitrogen and oxygen atoms in total. The zero-order valence-electron chi connectivity index (χ0n) is 11.7. The van der Waals surface area contributed by atoms with Gasteiger partial charge in [-0.15, -0.1) is 0 Å². The minimum atomic E-state index is -0.650. The molecule has 20 heavy (non-hydrogen) atoms. The second kappa shape index (κ2) is 8.17. The summed E-state index contributed by atoms with van der Waals surface area (Å²) in [5, 5.41) is 2.99. The highest BCUT2D eigenvalue weighted by Gasteiger charge is 2.18. The lowest BCUT2D eigenvalue weighted by Crippen LogP contribution is -2.38. The van der Waals surface area contributed by atoms with E-state index in [9.17, 15) is 9.59 Å². The smallest absolute Gasteiger partial charge is 0.328 e. The van der Waals surface area contributed by atoms with E-state index in [1.54, 1.807) is 32.9 Å². The molecule has 1 rings (SSSR count). The summed E-state index contributed by atoms with van der Waals surface area (Å²) in [6.45, 7) is 5.13. The summed E-state index contributed by atoms with van der Waals surface area (Å²) in [4.78, 5) is 23.2. The van der Waals surface area contributed by atoms with Gasteiger partial charge in [-0.2, -0.15) is 0 Å². The highest BCUT2D eigenvalue weighted by Crippen LogP contribution is 2.16. The number of hydrogen-bond acceptors (Lipinski definition) is 4. The fourth-order valence-electron chi connectivity index (χ4n) is 1.34. The Morgan fingerprint density at radius 3 is 2.40 bits per heavy atom. The number of carbonyl (C=O) groups excluding carboxylic acids is 2. The molecule has 0 aliphatic rings. The van der Waals surface area contributed by atoms with Crippen LogP contribution in [0.4, 0.5) is 4.79 Å². The Bertz CT molecular complexity index is 462. The molecule has 0 saturated carbocycles. The predicted molar refractivity (Wildman–Crippen MR) is 82.0 cm³/mol. The van der Waals surface area contributed by atoms with Crippen LogP contribution in [0, 0.1) is 0 Å². The van der Waals surface area contributed by atoms with Crippen molar-refractivity contribution in [1.29, 1.82) is 0 Å². The van der Waals surface area contributed by atoms with Gasteiger partial charge < -0.3 is 10.1 Å². The molecule has 1 aromatic rings. The van der Waals surface area contributed by atoms with Crippen molar-refractivity contribution in [3.8, 4) is 0 Å². The van der Waals surface area contributed by atoms with Gasteiger partial charge in [0.2, 0.25) is 0 Å². The van der Waals surface area contributed by atoms with Gasteiger partial charge in [0.1, 0.15) is 6.04 Å². The predicted octanol–water partition coefficient (Wildman–Crippen LogP) is 3.62. The van der Waals surface area contributed by atoms with Crippen LogP contribution in [-0.4, -0.2) is 23.4 Å². The number of hydrogen-bond donors (Lipinski definition) is 1. The van der Waals surface area contributed by atoms with Crippen molar-refractivity contribution < 1.29 is 14.3 Å². The Morgan fingerprint density at radius 2 is 1.85 bits per heavy atom. The number of carbonyl (C=O) groups is 2. The molecule has 0 radical (unpaired) electrons. The fraction of sp³-hybridized carbons (Fsp3) is 0.429. The van der Waals surface area contributed by atoms with Crippen molar-refractivity contribution >= 4 is 34.6 Å². The molecule has 1 N–H and O–H groups in total. The van der Waals surface area contributed by atoms with Gasteiger partial charge in [0.25, 0.3) is 5.24 Å². The van der Waals surface area contributed by atoms with Gasteiger partial charge in [-0.3, -0.25) is 4.79 Å². The van der Waals surface area contributed by atoms with Gasteiger partial charge in [0.05, 0.1) is 6.10 Å². The summed E-state index contributed by atoms with van der Waals surface area (Å²) in [5.41, 5.74) is 0.993. The molecule has 0 spiro atoms. The van der Waals surface area contributed by atoms with Crippen molar-refractivity contribution in [1.82, 2.24) is 5.32 Å². The molecule has 0 heterocycles. The summed E-state index contributed by atoms with van der Waals surface area (Å²) in [6.07, 6.45) is -0.191. The maximum atomic E-state index is 11.7. The lowest BCUT2D eigenvalue weighted by atomic mass is 10.2. The molecule has 1 unspecified atom stereocenters. The first kappa shape index (κ1) is 16.9. The van der Waals surface area contributed by atoms with Crippen molar-refractivity contribution in [2.75, 3.05) is 0 Å². The van der Waals surface area contributed by atoms with Crippen molar-refractivity contribution in [3.63, 3.8) is 0 Å². The SMILES string of the molecule is CC(C)OC(=O)C(C)NC(=O)SCc1ccc(Cl)cc1. The third-order valence-electron chi connectivity index (χ3n) is 2.32. The molecule has 110 valence electrons. The first-order valence-corrected chi connectivity index (χ1v) is 7.63. The van der Waals surface area contributed by atoms with E-state index in [2.05, 4.69) is 5.32 Å². The number of esters is 1. The van der Waals surface area contributed by atoms with Gasteiger partial charge in [0, 0.05) is 10.8 Å². The van der Waals surface area contributed by atoms with Gasteiger partial charge in [0.15, 0.2) is 0 Å². The van der Waals surface area contributed by atoms with Crippen molar-refractivity contribution in [2.45, 2.75) is 38.7 Å². The van der Waals surface area contributed by atoms with Crippen LogP contribution in [-0.2, 0) is 15.3 Å². The summed E-state index contributed by atoms with van der Waals surface area (Å²) in [7, 11) is 0. The molecule has 1 atom stereocenters. The van der Waals surface area contributed by atoms with Crippen LogP contribution >= 0.6 is 23.4 Å². The van der Waals surface area contributed by atoms with Gasteiger partial charge in [-0.05, 0) is 38.5 Å². The largest absolute Gasteiger partial charge is 0.461 e. The molecular weight excluding hydrogens is 298 g/mol. The topological polar surface area (TPSA) is 55.4 Å². The van der Waals surface area contributed by atoms with Crippen LogP contribution in [0.3, 0.4) is 0 Å². The molecule has 0 bridgehead atoms. The van der Waals surface area contributed by atoms with Crippen LogP contribution in [0.25, 0.3) is 0 Å². The molecule has 0 aromatic heterocycles. The minimum absolute atomic E-state index is 0.191. The van der Waals surface area contributed by atoms with E-state index in [4.69, 9.17) is 16.3 Å². The average Bonchev–Trinajstić information content (AvgIpc) is 2.37. The van der Waals surface area contributed by atoms with Crippen LogP contribution < -0.4 is 5.32 Å². The highest BCUT2D eigenvalue weighted by atomic mass is 35.5. The second-order valence-electron chi connectivity index (χ2n) is 4.55. The lowest BCUT2D eigenvalue weighted by Gasteiger charge is -2.14. The molecule has 0 fully saturated rings. The van der Waals surface area contributed by atoms with E-state index in [0.717, 1.165) is 17.3 Å². The second-order valence-corrected chi connectivity index (χ2v) is 5.94. The molecule has 0 aliphatic carbocycles. The average molecular weight is 316 g/mol. The van der Waals surface area contributed by atoms with Gasteiger partial charge in [-0.25, -0.2) is 4.79 Å². The summed E-state index contributed by atoms with van der Waals surface area (Å²) in [5.74, 6) is 0.0926. The first-order valence-electron chi connectivity index (χ1n) is 6.26. The van der Waals surface area contributed by atoms with E-state index in [1.165, 1.54) is 0 Å². The van der Waals surface area contributed by atoms with Crippen molar-refractivity contribution in [2.24, 2.45) is 0 Å². The Hall–Kier alpha value is -1.20. The third kappa shape index (κ3) is 6.30. The molecule has 1 amide bonds. The Balaban J connectivity index is 2.36. The number of rotatable bonds is 5. The van der Waals surface area contributed by atoms with Crippen LogP contribution in [0.2, 0.25) is 5.02 Å². The maximum Gasteiger partial charge on any atom is 0.328 e. The highest BCUT2D eigenvalue weighted by molar-refractivity contribution is 8.12. The Morgan fingerprint density at radius 1 is 1.25 bits per heavy atom. The van der Waals surface area contributed by atoms with Crippen molar-refractivity contribution in [3.05, 3.63) is 34.9 Å². The minimum Gasteiger partial charge on any atom is -0.461 e. The quantitative estimate of drug-likeness (QED) is 0.843. The monoisotopic (exact) mass is 315 g/mol. The first-order chi connectivity index (χ1) is 9.38. The Labute approximate surface area is 128 Å². The van der Waals surface area contributed by atoms with E-state index < -0.39 is 12.0 Å². The zero-order chi connectivity index (χ0) is 15.1. The zero-order valence-corrected chi connectivity index (χ0v) is 13.3. The van der Waals surface area contributed by atoms with Crippen LogP contribution in [0.5, 0.6) is 0 Å². The summed E-state index contributed by atoms with van der Waals surface area (Å²) >= 11 is 6.88. The van der Waals surface area contributed by atoms with Gasteiger partial charge >= 0.3 is 5.97 Å². The van der Waals surface area contributed by atoms with Gasteiger partial charge in [-0.1, -0.05) is 35.5 Å². The number of ether oxygens (including phenoxy) is 1. The molecule has 0 saturated heterocycles. The number of halogens is 1. The standard InChI is InChI=1S/C14H18ClNO3S/c1-9(2)19-13(17)10(3)16-14(18)20-8-11-4-6-12(15)7-5-11/h4-7,9-10H,8H2,1-3H3,(H,16,18). The van der Waals surface area contributed by atoms with E-state index in [1.807, 2.05) is 12.1 Å². The molecule has 6 heteroatoms. The van der Waals surface area contributed by atoms with E-state index in [-0.39, 0.29) is 11.3 Å². The fourth-order valence-corrected chi connectivity index (χ4v) is 2.22. The van der Waals surface area contributed by atoms with E-state index >= 15 is 0 Å². The maximum absolute atomic E-state index is 11.7. The van der Waals surface area contributed by atoms with Crippen LogP contribution in [0.15, 0.2) is 24.3 Å². The molecule has 0 aliphatic heterocycles. The normalized spacial score (nSPS) is 12.1. The third-order valence-corrected chi connectivity index (χ3v) is 3.43. The summed E-state index contributed by atoms with van der Waals surface area (Å²) in [6, 6.07) is 6.62.